The van der Waals surface area contributed by atoms with Gasteiger partial charge in [-0.25, -0.2) is 0 Å². The molecule has 59 heavy (non-hydrogen) atoms. The Morgan fingerprint density at radius 2 is 0.661 bits per heavy atom. The van der Waals surface area contributed by atoms with Gasteiger partial charge in [-0.15, -0.1) is 18.9 Å². The molecule has 0 radical (unpaired) electrons. The molecule has 0 aromatic carbocycles. The molecule has 4 amide bonds. The Bertz CT molecular complexity index is 2020. The first-order valence-electron chi connectivity index (χ1n) is 18.1. The summed E-state index contributed by atoms with van der Waals surface area (Å²) in [6.45, 7) is 1.98. The third kappa shape index (κ3) is 12.9. The van der Waals surface area contributed by atoms with Crippen molar-refractivity contribution in [2.45, 2.75) is 0 Å². The first-order chi connectivity index (χ1) is 28.3. The number of ether oxygens (including phenoxy) is 1. The number of carbonyl (C=O) groups is 4. The lowest BCUT2D eigenvalue weighted by Crippen LogP contribution is -2.43. The van der Waals surface area contributed by atoms with Crippen LogP contribution in [0.25, 0.3) is 0 Å². The number of nitrogens with one attached hydrogen (secondary N) is 4. The Morgan fingerprint density at radius 1 is 0.424 bits per heavy atom. The van der Waals surface area contributed by atoms with Crippen LogP contribution in [0.2, 0.25) is 0 Å². The summed E-state index contributed by atoms with van der Waals surface area (Å²) in [6, 6.07) is 14.7. The average molecular weight is 825 g/mol. The first-order valence-corrected chi connectivity index (χ1v) is 18.1. The van der Waals surface area contributed by atoms with Crippen LogP contribution in [0.1, 0.15) is 42.0 Å². The summed E-state index contributed by atoms with van der Waals surface area (Å²) in [6.07, 6.45) is 0. The van der Waals surface area contributed by atoms with E-state index < -0.39 is 45.9 Å². The number of hydrogen-bond acceptors (Lipinski definition) is 15. The largest absolute Gasteiger partial charge is 0.425 e. The van der Waals surface area contributed by atoms with Crippen LogP contribution in [0.3, 0.4) is 0 Å². The van der Waals surface area contributed by atoms with Crippen LogP contribution in [-0.4, -0.2) is 152 Å². The molecule has 0 saturated carbocycles. The minimum absolute atomic E-state index is 0.0563. The highest BCUT2D eigenvalue weighted by Crippen LogP contribution is 1.99. The van der Waals surface area contributed by atoms with Crippen molar-refractivity contribution in [3.8, 4) is 0 Å². The maximum atomic E-state index is 12.6. The summed E-state index contributed by atoms with van der Waals surface area (Å²) in [5.74, 6) is -2.85. The number of hydrogen-bond donors (Lipinski definition) is 8. The van der Waals surface area contributed by atoms with Gasteiger partial charge in [0, 0.05) is 89.7 Å². The molecule has 23 nitrogen and oxygen atoms in total. The zero-order valence-electron chi connectivity index (χ0n) is 31.6. The normalized spacial score (nSPS) is 11.0. The van der Waals surface area contributed by atoms with Gasteiger partial charge in [0.1, 0.15) is 22.8 Å². The Kier molecular flexibility index (Phi) is 16.5. The van der Waals surface area contributed by atoms with Crippen molar-refractivity contribution in [2.24, 2.45) is 0 Å². The molecule has 0 unspecified atom stereocenters. The van der Waals surface area contributed by atoms with Crippen LogP contribution in [-0.2, 0) is 4.74 Å². The van der Waals surface area contributed by atoms with Gasteiger partial charge in [0.05, 0.1) is 13.2 Å². The van der Waals surface area contributed by atoms with Crippen LogP contribution >= 0.6 is 0 Å². The summed E-state index contributed by atoms with van der Waals surface area (Å²) >= 11 is 0. The van der Waals surface area contributed by atoms with E-state index in [1.165, 1.54) is 48.5 Å². The smallest absolute Gasteiger partial charge is 0.283 e. The summed E-state index contributed by atoms with van der Waals surface area (Å²) in [5.41, 5.74) is -4.25. The highest BCUT2D eigenvalue weighted by Gasteiger charge is 2.17. The van der Waals surface area contributed by atoms with E-state index in [2.05, 4.69) is 21.3 Å². The van der Waals surface area contributed by atoms with Crippen LogP contribution in [0.4, 0.5) is 0 Å². The molecule has 0 atom stereocenters. The molecule has 0 aliphatic carbocycles. The van der Waals surface area contributed by atoms with E-state index >= 15 is 0 Å². The van der Waals surface area contributed by atoms with E-state index in [0.29, 0.717) is 0 Å². The molecule has 0 bridgehead atoms. The van der Waals surface area contributed by atoms with E-state index in [0.717, 1.165) is 24.3 Å². The summed E-state index contributed by atoms with van der Waals surface area (Å²) in [4.78, 5) is 101. The monoisotopic (exact) mass is 824 g/mol. The zero-order valence-corrected chi connectivity index (χ0v) is 31.6. The molecule has 4 aromatic rings. The van der Waals surface area contributed by atoms with E-state index in [1.54, 1.807) is 0 Å². The number of rotatable bonds is 22. The molecule has 23 heteroatoms. The molecule has 0 spiro atoms. The second kappa shape index (κ2) is 21.9. The zero-order chi connectivity index (χ0) is 42.9. The Labute approximate surface area is 333 Å². The van der Waals surface area contributed by atoms with Crippen LogP contribution in [0.5, 0.6) is 0 Å². The third-order valence-electron chi connectivity index (χ3n) is 8.61. The molecule has 0 fully saturated rings. The van der Waals surface area contributed by atoms with E-state index in [1.807, 2.05) is 9.80 Å². The molecule has 8 N–H and O–H groups in total. The fourth-order valence-corrected chi connectivity index (χ4v) is 5.45. The van der Waals surface area contributed by atoms with E-state index in [-0.39, 0.29) is 120 Å². The van der Waals surface area contributed by atoms with Gasteiger partial charge in [-0.05, 0) is 24.3 Å². The Balaban J connectivity index is 1.33. The van der Waals surface area contributed by atoms with Crippen LogP contribution in [0, 0.1) is 0 Å². The summed E-state index contributed by atoms with van der Waals surface area (Å²) < 4.78 is 6.77. The maximum absolute atomic E-state index is 12.6. The van der Waals surface area contributed by atoms with Gasteiger partial charge >= 0.3 is 0 Å². The molecule has 0 aliphatic rings. The fraction of sp³-hybridized carbons (Fsp3) is 0.333. The number of amides is 4. The highest BCUT2D eigenvalue weighted by atomic mass is 16.5. The maximum Gasteiger partial charge on any atom is 0.283 e. The van der Waals surface area contributed by atoms with Crippen molar-refractivity contribution in [3.63, 3.8) is 0 Å². The first kappa shape index (κ1) is 44.5. The van der Waals surface area contributed by atoms with Gasteiger partial charge in [-0.2, -0.15) is 0 Å². The molecular formula is C36H44N10O13. The molecule has 4 rings (SSSR count). The second-order valence-electron chi connectivity index (χ2n) is 12.6. The lowest BCUT2D eigenvalue weighted by atomic mass is 10.3. The molecule has 4 heterocycles. The van der Waals surface area contributed by atoms with Crippen molar-refractivity contribution in [1.82, 2.24) is 50.0 Å². The van der Waals surface area contributed by atoms with Crippen molar-refractivity contribution >= 4 is 23.6 Å². The second-order valence-corrected chi connectivity index (χ2v) is 12.6. The predicted octanol–water partition coefficient (Wildman–Crippen LogP) is -3.08. The van der Waals surface area contributed by atoms with Gasteiger partial charge in [0.15, 0.2) is 0 Å². The number of aromatic nitrogens is 4. The van der Waals surface area contributed by atoms with E-state index in [4.69, 9.17) is 4.74 Å². The predicted molar refractivity (Wildman–Crippen MR) is 205 cm³/mol. The van der Waals surface area contributed by atoms with Gasteiger partial charge in [-0.3, -0.25) is 48.2 Å². The average Bonchev–Trinajstić information content (AvgIpc) is 3.21. The van der Waals surface area contributed by atoms with Gasteiger partial charge in [0.2, 0.25) is 0 Å². The number of pyridine rings is 4. The lowest BCUT2D eigenvalue weighted by Gasteiger charge is -2.24. The van der Waals surface area contributed by atoms with Gasteiger partial charge in [0.25, 0.3) is 45.9 Å². The minimum Gasteiger partial charge on any atom is -0.425 e. The summed E-state index contributed by atoms with van der Waals surface area (Å²) in [5, 5.41) is 50.1. The Hall–Kier alpha value is -7.24. The van der Waals surface area contributed by atoms with Crippen molar-refractivity contribution < 1.29 is 44.7 Å². The fourth-order valence-electron chi connectivity index (χ4n) is 5.45. The standard InChI is InChI=1S/C36H44N10O13/c47-29-9-1-5-25(43(29)55)33(51)37-13-17-41(18-14-38-34(52)26-6-2-10-30(48)44(26)56)21-23-59-24-22-42(19-15-39-35(53)27-7-3-11-31(49)45(27)57)20-16-40-36(54)28-8-4-12-32(50)46(28)58/h1-12,55-58H,13-24H2,(H,37,51)(H,38,52)(H,39,53)(H,40,54). The number of carbonyl (C=O) groups excluding carboxylic acids is 4. The molecule has 4 aromatic heterocycles. The van der Waals surface area contributed by atoms with Gasteiger partial charge < -0.3 is 46.8 Å². The Morgan fingerprint density at radius 3 is 0.898 bits per heavy atom. The third-order valence-corrected chi connectivity index (χ3v) is 8.61. The highest BCUT2D eigenvalue weighted by molar-refractivity contribution is 5.93. The number of nitrogens with zero attached hydrogens (tertiary/aromatic N) is 6. The molecule has 316 valence electrons. The van der Waals surface area contributed by atoms with Crippen molar-refractivity contribution in [2.75, 3.05) is 78.7 Å². The lowest BCUT2D eigenvalue weighted by molar-refractivity contribution is 0.0788. The molecule has 0 aliphatic heterocycles. The van der Waals surface area contributed by atoms with Crippen molar-refractivity contribution in [1.29, 1.82) is 0 Å². The summed E-state index contributed by atoms with van der Waals surface area (Å²) in [7, 11) is 0. The topological polar surface area (TPSA) is 301 Å². The molecule has 0 saturated heterocycles. The minimum atomic E-state index is -0.789. The SMILES string of the molecule is O=C(NCCN(CCNC(=O)c1cccc(=O)n1O)CCOCCN(CCNC(=O)c1cccc(=O)n1O)CCNC(=O)c1cccc(=O)n1O)c1cccc(=O)n1O. The van der Waals surface area contributed by atoms with Gasteiger partial charge in [-0.1, -0.05) is 24.3 Å². The quantitative estimate of drug-likeness (QED) is 0.0288. The molecular weight excluding hydrogens is 780 g/mol. The van der Waals surface area contributed by atoms with E-state index in [9.17, 15) is 59.2 Å². The van der Waals surface area contributed by atoms with Crippen LogP contribution < -0.4 is 43.5 Å². The van der Waals surface area contributed by atoms with Crippen molar-refractivity contribution in [3.05, 3.63) is 137 Å². The van der Waals surface area contributed by atoms with Crippen LogP contribution in [0.15, 0.2) is 92.0 Å².